The van der Waals surface area contributed by atoms with E-state index in [-0.39, 0.29) is 17.1 Å². The van der Waals surface area contributed by atoms with Crippen molar-refractivity contribution in [2.45, 2.75) is 25.8 Å². The number of hydrogen-bond donors (Lipinski definition) is 1. The largest absolute Gasteiger partial charge is 0.363 e. The standard InChI is InChI=1S/C13H17N5O2/c1-10(17-4-2-3-5-17)8-15-13-12(18(19)20)6-11(7-14)9-16-13/h6,9-10H,2-5,8H2,1H3,(H,15,16). The monoisotopic (exact) mass is 275 g/mol. The molecule has 20 heavy (non-hydrogen) atoms. The van der Waals surface area contributed by atoms with Gasteiger partial charge in [-0.3, -0.25) is 15.0 Å². The molecule has 1 N–H and O–H groups in total. The number of nitrogens with one attached hydrogen (secondary N) is 1. The maximum Gasteiger partial charge on any atom is 0.312 e. The van der Waals surface area contributed by atoms with E-state index in [2.05, 4.69) is 22.1 Å². The summed E-state index contributed by atoms with van der Waals surface area (Å²) in [5.74, 6) is 0.222. The van der Waals surface area contributed by atoms with Crippen molar-refractivity contribution in [3.8, 4) is 6.07 Å². The van der Waals surface area contributed by atoms with Crippen LogP contribution in [0, 0.1) is 21.4 Å². The fourth-order valence-corrected chi connectivity index (χ4v) is 2.35. The van der Waals surface area contributed by atoms with E-state index in [1.807, 2.05) is 6.07 Å². The molecule has 0 aromatic carbocycles. The van der Waals surface area contributed by atoms with E-state index in [1.165, 1.54) is 25.1 Å². The quantitative estimate of drug-likeness (QED) is 0.649. The van der Waals surface area contributed by atoms with Gasteiger partial charge in [-0.1, -0.05) is 0 Å². The Labute approximate surface area is 117 Å². The molecule has 0 spiro atoms. The zero-order valence-electron chi connectivity index (χ0n) is 11.4. The van der Waals surface area contributed by atoms with E-state index < -0.39 is 4.92 Å². The highest BCUT2D eigenvalue weighted by molar-refractivity contribution is 5.58. The van der Waals surface area contributed by atoms with E-state index in [0.29, 0.717) is 12.6 Å². The van der Waals surface area contributed by atoms with Gasteiger partial charge in [-0.25, -0.2) is 4.98 Å². The van der Waals surface area contributed by atoms with Crippen LogP contribution >= 0.6 is 0 Å². The molecule has 7 heteroatoms. The van der Waals surface area contributed by atoms with Crippen molar-refractivity contribution in [2.75, 3.05) is 25.0 Å². The molecule has 106 valence electrons. The van der Waals surface area contributed by atoms with Gasteiger partial charge >= 0.3 is 5.69 Å². The lowest BCUT2D eigenvalue weighted by atomic mass is 10.2. The molecule has 2 rings (SSSR count). The molecule has 1 aromatic heterocycles. The zero-order valence-corrected chi connectivity index (χ0v) is 11.4. The number of aromatic nitrogens is 1. The second-order valence-corrected chi connectivity index (χ2v) is 4.93. The molecule has 2 heterocycles. The summed E-state index contributed by atoms with van der Waals surface area (Å²) >= 11 is 0. The topological polar surface area (TPSA) is 95.1 Å². The normalized spacial score (nSPS) is 16.6. The predicted octanol–water partition coefficient (Wildman–Crippen LogP) is 1.76. The minimum atomic E-state index is -0.517. The van der Waals surface area contributed by atoms with Crippen molar-refractivity contribution in [1.82, 2.24) is 9.88 Å². The highest BCUT2D eigenvalue weighted by atomic mass is 16.6. The van der Waals surface area contributed by atoms with Crippen LogP contribution in [0.25, 0.3) is 0 Å². The number of pyridine rings is 1. The Hall–Kier alpha value is -2.20. The van der Waals surface area contributed by atoms with Gasteiger partial charge in [0.1, 0.15) is 6.07 Å². The van der Waals surface area contributed by atoms with Gasteiger partial charge in [0, 0.05) is 24.8 Å². The molecule has 0 radical (unpaired) electrons. The Morgan fingerprint density at radius 1 is 1.60 bits per heavy atom. The molecule has 1 fully saturated rings. The van der Waals surface area contributed by atoms with Crippen LogP contribution in [0.2, 0.25) is 0 Å². The third kappa shape index (κ3) is 3.22. The maximum absolute atomic E-state index is 11.0. The zero-order chi connectivity index (χ0) is 14.5. The smallest absolute Gasteiger partial charge is 0.312 e. The summed E-state index contributed by atoms with van der Waals surface area (Å²) in [5.41, 5.74) is 0.0347. The Morgan fingerprint density at radius 3 is 2.90 bits per heavy atom. The molecular weight excluding hydrogens is 258 g/mol. The van der Waals surface area contributed by atoms with Gasteiger partial charge in [-0.2, -0.15) is 5.26 Å². The summed E-state index contributed by atoms with van der Waals surface area (Å²) in [6.07, 6.45) is 3.76. The summed E-state index contributed by atoms with van der Waals surface area (Å²) in [5, 5.41) is 22.8. The Bertz CT molecular complexity index is 534. The molecule has 1 aromatic rings. The van der Waals surface area contributed by atoms with Crippen LogP contribution in [-0.2, 0) is 0 Å². The molecular formula is C13H17N5O2. The molecule has 1 aliphatic rings. The molecule has 0 amide bonds. The lowest BCUT2D eigenvalue weighted by Crippen LogP contribution is -2.35. The lowest BCUT2D eigenvalue weighted by molar-refractivity contribution is -0.384. The van der Waals surface area contributed by atoms with Crippen molar-refractivity contribution in [2.24, 2.45) is 0 Å². The van der Waals surface area contributed by atoms with Crippen molar-refractivity contribution in [3.05, 3.63) is 27.9 Å². The van der Waals surface area contributed by atoms with Crippen LogP contribution in [0.5, 0.6) is 0 Å². The van der Waals surface area contributed by atoms with Crippen LogP contribution in [-0.4, -0.2) is 40.5 Å². The Kier molecular flexibility index (Phi) is 4.48. The van der Waals surface area contributed by atoms with E-state index in [4.69, 9.17) is 5.26 Å². The van der Waals surface area contributed by atoms with Gasteiger partial charge < -0.3 is 5.32 Å². The molecule has 0 bridgehead atoms. The average Bonchev–Trinajstić information content (AvgIpc) is 2.98. The van der Waals surface area contributed by atoms with E-state index >= 15 is 0 Å². The molecule has 0 aliphatic carbocycles. The minimum absolute atomic E-state index is 0.155. The summed E-state index contributed by atoms with van der Waals surface area (Å²) < 4.78 is 0. The van der Waals surface area contributed by atoms with Crippen LogP contribution < -0.4 is 5.32 Å². The first-order valence-corrected chi connectivity index (χ1v) is 6.64. The van der Waals surface area contributed by atoms with Crippen molar-refractivity contribution < 1.29 is 4.92 Å². The highest BCUT2D eigenvalue weighted by Crippen LogP contribution is 2.22. The molecule has 1 aliphatic heterocycles. The van der Waals surface area contributed by atoms with Crippen molar-refractivity contribution in [1.29, 1.82) is 5.26 Å². The van der Waals surface area contributed by atoms with Gasteiger partial charge in [0.25, 0.3) is 0 Å². The van der Waals surface area contributed by atoms with E-state index in [9.17, 15) is 10.1 Å². The minimum Gasteiger partial charge on any atom is -0.363 e. The second-order valence-electron chi connectivity index (χ2n) is 4.93. The van der Waals surface area contributed by atoms with Gasteiger partial charge in [-0.05, 0) is 32.9 Å². The maximum atomic E-state index is 11.0. The Morgan fingerprint density at radius 2 is 2.30 bits per heavy atom. The molecule has 1 unspecified atom stereocenters. The number of nitro groups is 1. The molecule has 7 nitrogen and oxygen atoms in total. The van der Waals surface area contributed by atoms with Gasteiger partial charge in [0.05, 0.1) is 10.5 Å². The number of hydrogen-bond acceptors (Lipinski definition) is 6. The van der Waals surface area contributed by atoms with Gasteiger partial charge in [0.2, 0.25) is 5.82 Å². The number of likely N-dealkylation sites (tertiary alicyclic amines) is 1. The Balaban J connectivity index is 2.05. The predicted molar refractivity (Wildman–Crippen MR) is 74.4 cm³/mol. The first-order chi connectivity index (χ1) is 9.61. The fraction of sp³-hybridized carbons (Fsp3) is 0.538. The number of rotatable bonds is 5. The molecule has 0 saturated carbocycles. The van der Waals surface area contributed by atoms with Crippen LogP contribution in [0.3, 0.4) is 0 Å². The SMILES string of the molecule is CC(CNc1ncc(C#N)cc1[N+](=O)[O-])N1CCCC1. The van der Waals surface area contributed by atoms with E-state index in [0.717, 1.165) is 13.1 Å². The van der Waals surface area contributed by atoms with Crippen LogP contribution in [0.15, 0.2) is 12.3 Å². The third-order valence-corrected chi connectivity index (χ3v) is 3.52. The summed E-state index contributed by atoms with van der Waals surface area (Å²) in [7, 11) is 0. The highest BCUT2D eigenvalue weighted by Gasteiger charge is 2.20. The second kappa shape index (κ2) is 6.30. The van der Waals surface area contributed by atoms with E-state index in [1.54, 1.807) is 0 Å². The number of nitrogens with zero attached hydrogens (tertiary/aromatic N) is 4. The van der Waals surface area contributed by atoms with Crippen molar-refractivity contribution in [3.63, 3.8) is 0 Å². The van der Waals surface area contributed by atoms with Gasteiger partial charge in [-0.15, -0.1) is 0 Å². The lowest BCUT2D eigenvalue weighted by Gasteiger charge is -2.23. The average molecular weight is 275 g/mol. The van der Waals surface area contributed by atoms with Crippen LogP contribution in [0.4, 0.5) is 11.5 Å². The van der Waals surface area contributed by atoms with Crippen molar-refractivity contribution >= 4 is 11.5 Å². The molecule has 1 saturated heterocycles. The summed E-state index contributed by atoms with van der Waals surface area (Å²) in [6, 6.07) is 3.40. The molecule has 1 atom stereocenters. The third-order valence-electron chi connectivity index (χ3n) is 3.52. The fourth-order valence-electron chi connectivity index (χ4n) is 2.35. The number of anilines is 1. The summed E-state index contributed by atoms with van der Waals surface area (Å²) in [6.45, 7) is 4.84. The first-order valence-electron chi connectivity index (χ1n) is 6.64. The number of nitriles is 1. The first kappa shape index (κ1) is 14.2. The van der Waals surface area contributed by atoms with Gasteiger partial charge in [0.15, 0.2) is 0 Å². The summed E-state index contributed by atoms with van der Waals surface area (Å²) in [4.78, 5) is 16.8. The van der Waals surface area contributed by atoms with Crippen LogP contribution in [0.1, 0.15) is 25.3 Å².